The van der Waals surface area contributed by atoms with Crippen LogP contribution in [0.1, 0.15) is 37.6 Å². The van der Waals surface area contributed by atoms with Gasteiger partial charge in [0.2, 0.25) is 0 Å². The average Bonchev–Trinajstić information content (AvgIpc) is 3.33. The van der Waals surface area contributed by atoms with Crippen LogP contribution in [0.15, 0.2) is 60.0 Å². The summed E-state index contributed by atoms with van der Waals surface area (Å²) in [7, 11) is 0. The number of anilines is 2. The first-order valence-corrected chi connectivity index (χ1v) is 9.45. The highest BCUT2D eigenvalue weighted by molar-refractivity contribution is 7.12. The Hall–Kier alpha value is -2.92. The van der Waals surface area contributed by atoms with Crippen molar-refractivity contribution in [2.45, 2.75) is 19.3 Å². The van der Waals surface area contributed by atoms with Gasteiger partial charge in [0.1, 0.15) is 0 Å². The number of fused-ring (bicyclic) bond motifs is 1. The minimum Gasteiger partial charge on any atom is -0.322 e. The third-order valence-electron chi connectivity index (χ3n) is 4.48. The van der Waals surface area contributed by atoms with Crippen LogP contribution >= 0.6 is 11.3 Å². The lowest BCUT2D eigenvalue weighted by Crippen LogP contribution is -2.14. The molecule has 3 aromatic rings. The highest BCUT2D eigenvalue weighted by Crippen LogP contribution is 2.25. The Morgan fingerprint density at radius 3 is 2.46 bits per heavy atom. The largest absolute Gasteiger partial charge is 0.322 e. The normalized spacial score (nSPS) is 12.5. The van der Waals surface area contributed by atoms with Gasteiger partial charge in [-0.25, -0.2) is 0 Å². The van der Waals surface area contributed by atoms with Crippen molar-refractivity contribution in [3.8, 4) is 0 Å². The summed E-state index contributed by atoms with van der Waals surface area (Å²) in [5.74, 6) is -0.355. The van der Waals surface area contributed by atoms with Gasteiger partial charge in [0.05, 0.1) is 4.88 Å². The van der Waals surface area contributed by atoms with E-state index < -0.39 is 0 Å². The van der Waals surface area contributed by atoms with E-state index in [9.17, 15) is 9.59 Å². The van der Waals surface area contributed by atoms with Gasteiger partial charge in [-0.2, -0.15) is 0 Å². The fourth-order valence-corrected chi connectivity index (χ4v) is 3.81. The zero-order chi connectivity index (χ0) is 17.9. The first kappa shape index (κ1) is 16.5. The molecule has 0 aliphatic heterocycles. The summed E-state index contributed by atoms with van der Waals surface area (Å²) in [6.45, 7) is 0. The lowest BCUT2D eigenvalue weighted by Gasteiger charge is -2.09. The topological polar surface area (TPSA) is 58.2 Å². The SMILES string of the molecule is O=C(Nc1ccc2c(c1)CCC2)c1cccc(NC(=O)c2cccs2)c1. The average molecular weight is 362 g/mol. The molecule has 0 saturated heterocycles. The molecule has 1 heterocycles. The highest BCUT2D eigenvalue weighted by Gasteiger charge is 2.13. The molecule has 0 radical (unpaired) electrons. The number of thiophene rings is 1. The van der Waals surface area contributed by atoms with E-state index in [2.05, 4.69) is 22.8 Å². The second kappa shape index (κ2) is 7.14. The second-order valence-electron chi connectivity index (χ2n) is 6.30. The first-order chi connectivity index (χ1) is 12.7. The number of hydrogen-bond acceptors (Lipinski definition) is 3. The molecule has 1 aliphatic carbocycles. The number of carbonyl (C=O) groups is 2. The van der Waals surface area contributed by atoms with Crippen molar-refractivity contribution in [1.82, 2.24) is 0 Å². The third kappa shape index (κ3) is 3.53. The van der Waals surface area contributed by atoms with Gasteiger partial charge in [0.25, 0.3) is 11.8 Å². The molecule has 26 heavy (non-hydrogen) atoms. The molecular weight excluding hydrogens is 344 g/mol. The minimum atomic E-state index is -0.185. The van der Waals surface area contributed by atoms with Crippen LogP contribution in [0.2, 0.25) is 0 Å². The van der Waals surface area contributed by atoms with Crippen molar-refractivity contribution in [1.29, 1.82) is 0 Å². The molecule has 5 heteroatoms. The maximum atomic E-state index is 12.6. The number of amides is 2. The Morgan fingerprint density at radius 2 is 1.62 bits per heavy atom. The molecular formula is C21H18N2O2S. The van der Waals surface area contributed by atoms with E-state index in [0.717, 1.165) is 18.5 Å². The van der Waals surface area contributed by atoms with Gasteiger partial charge in [-0.05, 0) is 72.2 Å². The summed E-state index contributed by atoms with van der Waals surface area (Å²) >= 11 is 1.38. The number of nitrogens with one attached hydrogen (secondary N) is 2. The van der Waals surface area contributed by atoms with Crippen LogP contribution < -0.4 is 10.6 Å². The van der Waals surface area contributed by atoms with E-state index >= 15 is 0 Å². The van der Waals surface area contributed by atoms with Crippen molar-refractivity contribution in [3.63, 3.8) is 0 Å². The van der Waals surface area contributed by atoms with Gasteiger partial charge in [0, 0.05) is 16.9 Å². The lowest BCUT2D eigenvalue weighted by molar-refractivity contribution is 0.101. The zero-order valence-corrected chi connectivity index (χ0v) is 14.9. The Kier molecular flexibility index (Phi) is 4.54. The molecule has 0 bridgehead atoms. The quantitative estimate of drug-likeness (QED) is 0.704. The summed E-state index contributed by atoms with van der Waals surface area (Å²) in [5.41, 5.74) is 4.62. The summed E-state index contributed by atoms with van der Waals surface area (Å²) in [6, 6.07) is 16.7. The first-order valence-electron chi connectivity index (χ1n) is 8.57. The van der Waals surface area contributed by atoms with Crippen LogP contribution in [0.25, 0.3) is 0 Å². The van der Waals surface area contributed by atoms with Gasteiger partial charge in [-0.3, -0.25) is 9.59 Å². The molecule has 0 atom stereocenters. The molecule has 4 rings (SSSR count). The Bertz CT molecular complexity index is 964. The van der Waals surface area contributed by atoms with Crippen LogP contribution in [0, 0.1) is 0 Å². The summed E-state index contributed by atoms with van der Waals surface area (Å²) in [5, 5.41) is 7.63. The summed E-state index contributed by atoms with van der Waals surface area (Å²) in [4.78, 5) is 25.4. The fourth-order valence-electron chi connectivity index (χ4n) is 3.19. The predicted octanol–water partition coefficient (Wildman–Crippen LogP) is 4.74. The van der Waals surface area contributed by atoms with Gasteiger partial charge in [0.15, 0.2) is 0 Å². The van der Waals surface area contributed by atoms with Gasteiger partial charge < -0.3 is 10.6 Å². The van der Waals surface area contributed by atoms with Crippen molar-refractivity contribution in [2.75, 3.05) is 10.6 Å². The Labute approximate surface area is 155 Å². The van der Waals surface area contributed by atoms with Gasteiger partial charge >= 0.3 is 0 Å². The van der Waals surface area contributed by atoms with Crippen molar-refractivity contribution < 1.29 is 9.59 Å². The van der Waals surface area contributed by atoms with Crippen LogP contribution in [-0.4, -0.2) is 11.8 Å². The fraction of sp³-hybridized carbons (Fsp3) is 0.143. The van der Waals surface area contributed by atoms with E-state index in [1.807, 2.05) is 17.5 Å². The van der Waals surface area contributed by atoms with Crippen LogP contribution in [0.5, 0.6) is 0 Å². The van der Waals surface area contributed by atoms with E-state index in [-0.39, 0.29) is 11.8 Å². The second-order valence-corrected chi connectivity index (χ2v) is 7.25. The molecule has 1 aliphatic rings. The van der Waals surface area contributed by atoms with Gasteiger partial charge in [-0.15, -0.1) is 11.3 Å². The smallest absolute Gasteiger partial charge is 0.265 e. The van der Waals surface area contributed by atoms with Crippen molar-refractivity contribution in [3.05, 3.63) is 81.5 Å². The molecule has 2 N–H and O–H groups in total. The molecule has 0 saturated carbocycles. The number of hydrogen-bond donors (Lipinski definition) is 2. The number of rotatable bonds is 4. The molecule has 2 amide bonds. The number of benzene rings is 2. The summed E-state index contributed by atoms with van der Waals surface area (Å²) in [6.07, 6.45) is 3.37. The molecule has 0 spiro atoms. The van der Waals surface area contributed by atoms with E-state index in [1.54, 1.807) is 30.3 Å². The maximum absolute atomic E-state index is 12.6. The molecule has 0 unspecified atom stereocenters. The Morgan fingerprint density at radius 1 is 0.808 bits per heavy atom. The van der Waals surface area contributed by atoms with Crippen molar-refractivity contribution >= 4 is 34.5 Å². The Balaban J connectivity index is 1.47. The molecule has 0 fully saturated rings. The predicted molar refractivity (Wildman–Crippen MR) is 105 cm³/mol. The van der Waals surface area contributed by atoms with E-state index in [0.29, 0.717) is 16.1 Å². The third-order valence-corrected chi connectivity index (χ3v) is 5.35. The van der Waals surface area contributed by atoms with Gasteiger partial charge in [-0.1, -0.05) is 18.2 Å². The molecule has 2 aromatic carbocycles. The van der Waals surface area contributed by atoms with E-state index in [1.165, 1.54) is 28.9 Å². The number of carbonyl (C=O) groups excluding carboxylic acids is 2. The molecule has 4 nitrogen and oxygen atoms in total. The number of aryl methyl sites for hydroxylation is 2. The van der Waals surface area contributed by atoms with Crippen molar-refractivity contribution in [2.24, 2.45) is 0 Å². The standard InChI is InChI=1S/C21H18N2O2S/c24-20(22-18-10-9-14-4-1-5-15(14)12-18)16-6-2-7-17(13-16)23-21(25)19-8-3-11-26-19/h2-3,6-13H,1,4-5H2,(H,22,24)(H,23,25). The maximum Gasteiger partial charge on any atom is 0.265 e. The lowest BCUT2D eigenvalue weighted by atomic mass is 10.1. The zero-order valence-electron chi connectivity index (χ0n) is 14.1. The minimum absolute atomic E-state index is 0.170. The summed E-state index contributed by atoms with van der Waals surface area (Å²) < 4.78 is 0. The molecule has 130 valence electrons. The van der Waals surface area contributed by atoms with E-state index in [4.69, 9.17) is 0 Å². The monoisotopic (exact) mass is 362 g/mol. The highest BCUT2D eigenvalue weighted by atomic mass is 32.1. The van der Waals surface area contributed by atoms with Crippen LogP contribution in [0.4, 0.5) is 11.4 Å². The van der Waals surface area contributed by atoms with Crippen LogP contribution in [-0.2, 0) is 12.8 Å². The molecule has 1 aromatic heterocycles. The van der Waals surface area contributed by atoms with Crippen LogP contribution in [0.3, 0.4) is 0 Å².